The molecular weight excluding hydrogens is 314 g/mol. The molecular formula is C19H23N5O. The van der Waals surface area contributed by atoms with Gasteiger partial charge in [0.05, 0.1) is 11.4 Å². The maximum Gasteiger partial charge on any atom is 0.172 e. The lowest BCUT2D eigenvalue weighted by Gasteiger charge is -2.48. The van der Waals surface area contributed by atoms with Crippen molar-refractivity contribution in [2.75, 3.05) is 36.4 Å². The molecule has 1 aromatic heterocycles. The number of hydrogen-bond acceptors (Lipinski definition) is 6. The summed E-state index contributed by atoms with van der Waals surface area (Å²) in [4.78, 5) is 2.49. The topological polar surface area (TPSA) is 73.3 Å². The summed E-state index contributed by atoms with van der Waals surface area (Å²) in [5, 5.41) is 25.9. The lowest BCUT2D eigenvalue weighted by Crippen LogP contribution is -2.53. The molecule has 0 aliphatic carbocycles. The molecule has 0 bridgehead atoms. The fraction of sp³-hybridized carbons (Fsp3) is 0.474. The summed E-state index contributed by atoms with van der Waals surface area (Å²) in [7, 11) is 0. The number of benzene rings is 1. The van der Waals surface area contributed by atoms with E-state index in [1.165, 1.54) is 19.3 Å². The van der Waals surface area contributed by atoms with Crippen LogP contribution in [0.5, 0.6) is 5.75 Å². The highest BCUT2D eigenvalue weighted by Gasteiger charge is 2.43. The van der Waals surface area contributed by atoms with E-state index in [0.717, 1.165) is 48.9 Å². The fourth-order valence-electron chi connectivity index (χ4n) is 4.70. The predicted molar refractivity (Wildman–Crippen MR) is 97.9 cm³/mol. The van der Waals surface area contributed by atoms with E-state index in [-0.39, 0.29) is 5.75 Å². The highest BCUT2D eigenvalue weighted by Crippen LogP contribution is 2.44. The van der Waals surface area contributed by atoms with Crippen LogP contribution >= 0.6 is 0 Å². The number of rotatable bonds is 1. The van der Waals surface area contributed by atoms with Gasteiger partial charge in [0, 0.05) is 31.2 Å². The van der Waals surface area contributed by atoms with Crippen molar-refractivity contribution in [3.63, 3.8) is 0 Å². The molecule has 6 heteroatoms. The SMILES string of the molecule is Oc1ccccc1-c1cc2c(nn1)NCC1CC3(CCNC3)CCN21. The van der Waals surface area contributed by atoms with E-state index < -0.39 is 0 Å². The van der Waals surface area contributed by atoms with Gasteiger partial charge in [-0.1, -0.05) is 12.1 Å². The summed E-state index contributed by atoms with van der Waals surface area (Å²) < 4.78 is 0. The highest BCUT2D eigenvalue weighted by molar-refractivity contribution is 5.76. The quantitative estimate of drug-likeness (QED) is 0.741. The minimum absolute atomic E-state index is 0.242. The average molecular weight is 337 g/mol. The zero-order chi connectivity index (χ0) is 16.9. The number of para-hydroxylation sites is 1. The average Bonchev–Trinajstić information content (AvgIpc) is 3.09. The van der Waals surface area contributed by atoms with Crippen molar-refractivity contribution >= 4 is 11.5 Å². The molecule has 2 saturated heterocycles. The first-order valence-electron chi connectivity index (χ1n) is 9.11. The molecule has 1 aromatic carbocycles. The van der Waals surface area contributed by atoms with Crippen molar-refractivity contribution in [3.8, 4) is 17.0 Å². The van der Waals surface area contributed by atoms with Crippen molar-refractivity contribution in [2.45, 2.75) is 25.3 Å². The number of anilines is 2. The molecule has 2 unspecified atom stereocenters. The Labute approximate surface area is 147 Å². The van der Waals surface area contributed by atoms with Crippen molar-refractivity contribution in [2.24, 2.45) is 5.41 Å². The third-order valence-corrected chi connectivity index (χ3v) is 6.09. The summed E-state index contributed by atoms with van der Waals surface area (Å²) in [6, 6.07) is 9.88. The molecule has 3 aliphatic rings. The number of hydrogen-bond donors (Lipinski definition) is 3. The van der Waals surface area contributed by atoms with Gasteiger partial charge in [0.1, 0.15) is 5.75 Å². The van der Waals surface area contributed by atoms with Crippen LogP contribution in [-0.2, 0) is 0 Å². The Balaban J connectivity index is 1.49. The normalized spacial score (nSPS) is 27.7. The van der Waals surface area contributed by atoms with Crippen molar-refractivity contribution in [1.29, 1.82) is 0 Å². The molecule has 5 rings (SSSR count). The second-order valence-electron chi connectivity index (χ2n) is 7.59. The Morgan fingerprint density at radius 1 is 1.20 bits per heavy atom. The molecule has 0 saturated carbocycles. The molecule has 130 valence electrons. The number of nitrogens with zero attached hydrogens (tertiary/aromatic N) is 3. The van der Waals surface area contributed by atoms with Crippen LogP contribution in [-0.4, -0.2) is 47.5 Å². The molecule has 2 atom stereocenters. The van der Waals surface area contributed by atoms with E-state index in [1.807, 2.05) is 18.2 Å². The standard InChI is InChI=1S/C19H23N5O/c25-17-4-2-1-3-14(17)15-9-16-18(23-22-15)21-11-13-10-19(5-7-20-12-19)6-8-24(13)16/h1-4,9,13,20,25H,5-8,10-12H2,(H,21,23). The van der Waals surface area contributed by atoms with Crippen LogP contribution in [0.1, 0.15) is 19.3 Å². The van der Waals surface area contributed by atoms with Crippen LogP contribution in [0.4, 0.5) is 11.5 Å². The second kappa shape index (κ2) is 5.59. The van der Waals surface area contributed by atoms with Crippen molar-refractivity contribution < 1.29 is 5.11 Å². The van der Waals surface area contributed by atoms with Crippen LogP contribution in [0, 0.1) is 5.41 Å². The van der Waals surface area contributed by atoms with Gasteiger partial charge in [-0.2, -0.15) is 0 Å². The lowest BCUT2D eigenvalue weighted by atomic mass is 9.74. The number of phenols is 1. The smallest absolute Gasteiger partial charge is 0.172 e. The third kappa shape index (κ3) is 2.43. The van der Waals surface area contributed by atoms with Gasteiger partial charge in [-0.3, -0.25) is 0 Å². The maximum absolute atomic E-state index is 10.1. The number of phenolic OH excluding ortho intramolecular Hbond substituents is 1. The van der Waals surface area contributed by atoms with E-state index >= 15 is 0 Å². The number of nitrogens with one attached hydrogen (secondary N) is 2. The van der Waals surface area contributed by atoms with Crippen LogP contribution in [0.25, 0.3) is 11.3 Å². The van der Waals surface area contributed by atoms with Gasteiger partial charge in [0.15, 0.2) is 5.82 Å². The van der Waals surface area contributed by atoms with Gasteiger partial charge < -0.3 is 20.6 Å². The maximum atomic E-state index is 10.1. The number of piperidine rings is 1. The molecule has 2 fully saturated rings. The van der Waals surface area contributed by atoms with Gasteiger partial charge in [-0.25, -0.2) is 0 Å². The van der Waals surface area contributed by atoms with Gasteiger partial charge in [-0.15, -0.1) is 10.2 Å². The van der Waals surface area contributed by atoms with E-state index in [9.17, 15) is 5.11 Å². The first-order chi connectivity index (χ1) is 12.2. The zero-order valence-corrected chi connectivity index (χ0v) is 14.2. The van der Waals surface area contributed by atoms with Gasteiger partial charge >= 0.3 is 0 Å². The summed E-state index contributed by atoms with van der Waals surface area (Å²) in [6.45, 7) is 4.30. The monoisotopic (exact) mass is 337 g/mol. The summed E-state index contributed by atoms with van der Waals surface area (Å²) in [5.41, 5.74) is 3.04. The minimum Gasteiger partial charge on any atom is -0.507 e. The van der Waals surface area contributed by atoms with E-state index in [4.69, 9.17) is 0 Å². The Morgan fingerprint density at radius 2 is 2.12 bits per heavy atom. The van der Waals surface area contributed by atoms with Crippen LogP contribution in [0.3, 0.4) is 0 Å². The summed E-state index contributed by atoms with van der Waals surface area (Å²) >= 11 is 0. The largest absolute Gasteiger partial charge is 0.507 e. The highest BCUT2D eigenvalue weighted by atomic mass is 16.3. The Bertz CT molecular complexity index is 802. The molecule has 3 aliphatic heterocycles. The van der Waals surface area contributed by atoms with Crippen LogP contribution < -0.4 is 15.5 Å². The third-order valence-electron chi connectivity index (χ3n) is 6.09. The Hall–Kier alpha value is -2.34. The van der Waals surface area contributed by atoms with E-state index in [2.05, 4.69) is 31.8 Å². The molecule has 25 heavy (non-hydrogen) atoms. The summed E-state index contributed by atoms with van der Waals surface area (Å²) in [5.74, 6) is 1.10. The molecule has 0 radical (unpaired) electrons. The number of fused-ring (bicyclic) bond motifs is 3. The number of aromatic hydroxyl groups is 1. The Morgan fingerprint density at radius 3 is 2.96 bits per heavy atom. The summed E-state index contributed by atoms with van der Waals surface area (Å²) in [6.07, 6.45) is 3.74. The van der Waals surface area contributed by atoms with Gasteiger partial charge in [0.2, 0.25) is 0 Å². The van der Waals surface area contributed by atoms with E-state index in [1.54, 1.807) is 6.07 Å². The molecule has 3 N–H and O–H groups in total. The van der Waals surface area contributed by atoms with Gasteiger partial charge in [-0.05, 0) is 49.4 Å². The molecule has 0 amide bonds. The molecule has 6 nitrogen and oxygen atoms in total. The first-order valence-corrected chi connectivity index (χ1v) is 9.11. The molecule has 1 spiro atoms. The number of aromatic nitrogens is 2. The first kappa shape index (κ1) is 15.0. The van der Waals surface area contributed by atoms with Gasteiger partial charge in [0.25, 0.3) is 0 Å². The molecule has 4 heterocycles. The minimum atomic E-state index is 0.242. The lowest BCUT2D eigenvalue weighted by molar-refractivity contribution is 0.212. The van der Waals surface area contributed by atoms with Crippen LogP contribution in [0.15, 0.2) is 30.3 Å². The van der Waals surface area contributed by atoms with E-state index in [0.29, 0.717) is 11.5 Å². The molecule has 2 aromatic rings. The predicted octanol–water partition coefficient (Wildman–Crippen LogP) is 2.22. The second-order valence-corrected chi connectivity index (χ2v) is 7.59. The fourth-order valence-corrected chi connectivity index (χ4v) is 4.70. The van der Waals surface area contributed by atoms with Crippen LogP contribution in [0.2, 0.25) is 0 Å². The Kier molecular flexibility index (Phi) is 3.35. The van der Waals surface area contributed by atoms with Crippen molar-refractivity contribution in [1.82, 2.24) is 15.5 Å². The van der Waals surface area contributed by atoms with Crippen molar-refractivity contribution in [3.05, 3.63) is 30.3 Å². The zero-order valence-electron chi connectivity index (χ0n) is 14.2.